The van der Waals surface area contributed by atoms with Crippen LogP contribution in [-0.4, -0.2) is 40.8 Å². The molecule has 0 spiro atoms. The summed E-state index contributed by atoms with van der Waals surface area (Å²) in [6.07, 6.45) is 6.72. The van der Waals surface area contributed by atoms with Gasteiger partial charge in [-0.2, -0.15) is 4.39 Å². The van der Waals surface area contributed by atoms with Crippen molar-refractivity contribution in [3.63, 3.8) is 0 Å². The summed E-state index contributed by atoms with van der Waals surface area (Å²) >= 11 is 1.53. The highest BCUT2D eigenvalue weighted by molar-refractivity contribution is 7.15. The summed E-state index contributed by atoms with van der Waals surface area (Å²) in [6, 6.07) is 7.74. The van der Waals surface area contributed by atoms with E-state index in [2.05, 4.69) is 19.8 Å². The standard InChI is InChI=1S/C21H20FN5OS/c22-19-14(3-4-16(25-19)26-10-1-2-11-26)20-24-15-7-12-27(13-5-8-23-9-6-13)21-17(28-21)18(15)29-20/h3-6,8-9,17,21H,1-2,7,10-12H2. The zero-order valence-corrected chi connectivity index (χ0v) is 16.6. The number of nitrogens with zero attached hydrogens (tertiary/aromatic N) is 5. The minimum atomic E-state index is -0.440. The quantitative estimate of drug-likeness (QED) is 0.485. The third-order valence-electron chi connectivity index (χ3n) is 5.84. The van der Waals surface area contributed by atoms with Gasteiger partial charge in [0.1, 0.15) is 16.9 Å². The first-order chi connectivity index (χ1) is 14.3. The summed E-state index contributed by atoms with van der Waals surface area (Å²) in [4.78, 5) is 18.6. The number of halogens is 1. The lowest BCUT2D eigenvalue weighted by molar-refractivity contribution is 0.364. The van der Waals surface area contributed by atoms with Crippen LogP contribution in [-0.2, 0) is 11.2 Å². The second kappa shape index (κ2) is 6.74. The Kier molecular flexibility index (Phi) is 4.02. The van der Waals surface area contributed by atoms with E-state index < -0.39 is 5.95 Å². The Hall–Kier alpha value is -2.58. The highest BCUT2D eigenvalue weighted by Crippen LogP contribution is 2.49. The molecule has 3 aromatic rings. The average Bonchev–Trinajstić information content (AvgIpc) is 3.17. The van der Waals surface area contributed by atoms with Gasteiger partial charge in [0.15, 0.2) is 6.23 Å². The smallest absolute Gasteiger partial charge is 0.225 e. The second-order valence-electron chi connectivity index (χ2n) is 7.63. The van der Waals surface area contributed by atoms with Gasteiger partial charge in [0.2, 0.25) is 5.95 Å². The van der Waals surface area contributed by atoms with E-state index in [1.807, 2.05) is 24.3 Å². The van der Waals surface area contributed by atoms with Gasteiger partial charge in [-0.15, -0.1) is 11.3 Å². The number of fused-ring (bicyclic) bond motifs is 3. The Bertz CT molecular complexity index is 1050. The van der Waals surface area contributed by atoms with Gasteiger partial charge in [0.05, 0.1) is 16.1 Å². The largest absolute Gasteiger partial charge is 0.357 e. The van der Waals surface area contributed by atoms with Crippen molar-refractivity contribution < 1.29 is 9.13 Å². The number of anilines is 2. The minimum Gasteiger partial charge on any atom is -0.357 e. The van der Waals surface area contributed by atoms with Crippen LogP contribution in [0.1, 0.15) is 29.5 Å². The van der Waals surface area contributed by atoms with Gasteiger partial charge in [-0.05, 0) is 37.1 Å². The fourth-order valence-corrected chi connectivity index (χ4v) is 5.46. The number of thiazole rings is 1. The number of aromatic nitrogens is 3. The zero-order chi connectivity index (χ0) is 19.4. The summed E-state index contributed by atoms with van der Waals surface area (Å²) in [5, 5.41) is 0.694. The van der Waals surface area contributed by atoms with E-state index in [-0.39, 0.29) is 12.3 Å². The lowest BCUT2D eigenvalue weighted by Gasteiger charge is -2.21. The Morgan fingerprint density at radius 1 is 1.03 bits per heavy atom. The molecule has 0 amide bonds. The SMILES string of the molecule is Fc1nc(N2CCCC2)ccc1-c1nc2c(s1)C1OC1N(c1ccncc1)CC2. The molecule has 2 fully saturated rings. The number of ether oxygens (including phenoxy) is 1. The van der Waals surface area contributed by atoms with Crippen LogP contribution < -0.4 is 9.80 Å². The summed E-state index contributed by atoms with van der Waals surface area (Å²) < 4.78 is 20.8. The van der Waals surface area contributed by atoms with Crippen LogP contribution in [0.3, 0.4) is 0 Å². The first-order valence-corrected chi connectivity index (χ1v) is 10.8. The number of hydrogen-bond donors (Lipinski definition) is 0. The van der Waals surface area contributed by atoms with Crippen molar-refractivity contribution in [1.29, 1.82) is 0 Å². The Morgan fingerprint density at radius 3 is 2.66 bits per heavy atom. The van der Waals surface area contributed by atoms with Crippen LogP contribution in [0.2, 0.25) is 0 Å². The predicted molar refractivity (Wildman–Crippen MR) is 110 cm³/mol. The molecule has 6 rings (SSSR count). The van der Waals surface area contributed by atoms with Crippen LogP contribution >= 0.6 is 11.3 Å². The van der Waals surface area contributed by atoms with Gasteiger partial charge >= 0.3 is 0 Å². The van der Waals surface area contributed by atoms with Crippen molar-refractivity contribution >= 4 is 22.8 Å². The molecular weight excluding hydrogens is 389 g/mol. The first-order valence-electron chi connectivity index (χ1n) is 10.0. The fourth-order valence-electron chi connectivity index (χ4n) is 4.28. The Morgan fingerprint density at radius 2 is 1.86 bits per heavy atom. The van der Waals surface area contributed by atoms with Gasteiger partial charge in [-0.25, -0.2) is 9.97 Å². The zero-order valence-electron chi connectivity index (χ0n) is 15.8. The molecule has 29 heavy (non-hydrogen) atoms. The molecule has 0 aliphatic carbocycles. The molecular formula is C21H20FN5OS. The molecule has 0 bridgehead atoms. The molecule has 0 aromatic carbocycles. The average molecular weight is 409 g/mol. The van der Waals surface area contributed by atoms with Gasteiger partial charge in [-0.1, -0.05) is 0 Å². The molecule has 2 unspecified atom stereocenters. The third-order valence-corrected chi connectivity index (χ3v) is 7.03. The Balaban J connectivity index is 1.27. The van der Waals surface area contributed by atoms with Crippen molar-refractivity contribution in [2.75, 3.05) is 29.4 Å². The van der Waals surface area contributed by atoms with Crippen LogP contribution in [0.25, 0.3) is 10.6 Å². The molecule has 3 aromatic heterocycles. The van der Waals surface area contributed by atoms with E-state index in [9.17, 15) is 4.39 Å². The lowest BCUT2D eigenvalue weighted by Crippen LogP contribution is -2.28. The van der Waals surface area contributed by atoms with E-state index in [0.29, 0.717) is 10.6 Å². The monoisotopic (exact) mass is 409 g/mol. The summed E-state index contributed by atoms with van der Waals surface area (Å²) in [7, 11) is 0. The van der Waals surface area contributed by atoms with Crippen LogP contribution in [0.5, 0.6) is 0 Å². The summed E-state index contributed by atoms with van der Waals surface area (Å²) in [5.41, 5.74) is 2.60. The van der Waals surface area contributed by atoms with E-state index in [4.69, 9.17) is 9.72 Å². The lowest BCUT2D eigenvalue weighted by atomic mass is 10.2. The number of pyridine rings is 2. The van der Waals surface area contributed by atoms with Crippen molar-refractivity contribution in [2.45, 2.75) is 31.6 Å². The molecule has 0 radical (unpaired) electrons. The number of rotatable bonds is 3. The highest BCUT2D eigenvalue weighted by atomic mass is 32.1. The molecule has 0 saturated carbocycles. The molecule has 2 atom stereocenters. The van der Waals surface area contributed by atoms with E-state index >= 15 is 0 Å². The maximum Gasteiger partial charge on any atom is 0.225 e. The second-order valence-corrected chi connectivity index (χ2v) is 8.66. The molecule has 8 heteroatoms. The van der Waals surface area contributed by atoms with Gasteiger partial charge < -0.3 is 14.5 Å². The van der Waals surface area contributed by atoms with Crippen LogP contribution in [0.4, 0.5) is 15.9 Å². The molecule has 0 N–H and O–H groups in total. The molecule has 6 nitrogen and oxygen atoms in total. The number of epoxide rings is 1. The molecule has 2 saturated heterocycles. The molecule has 148 valence electrons. The van der Waals surface area contributed by atoms with Crippen molar-refractivity contribution in [3.05, 3.63) is 53.2 Å². The van der Waals surface area contributed by atoms with Crippen molar-refractivity contribution in [2.24, 2.45) is 0 Å². The number of hydrogen-bond acceptors (Lipinski definition) is 7. The van der Waals surface area contributed by atoms with E-state index in [1.54, 1.807) is 12.4 Å². The normalized spacial score (nSPS) is 22.9. The third kappa shape index (κ3) is 2.98. The minimum absolute atomic E-state index is 0.00630. The fraction of sp³-hybridized carbons (Fsp3) is 0.381. The van der Waals surface area contributed by atoms with Crippen LogP contribution in [0, 0.1) is 5.95 Å². The summed E-state index contributed by atoms with van der Waals surface area (Å²) in [5.74, 6) is 0.283. The molecule has 3 aliphatic rings. The Labute approximate surface area is 172 Å². The highest BCUT2D eigenvalue weighted by Gasteiger charge is 2.49. The first kappa shape index (κ1) is 17.3. The van der Waals surface area contributed by atoms with E-state index in [0.717, 1.165) is 61.0 Å². The molecule has 6 heterocycles. The van der Waals surface area contributed by atoms with Gasteiger partial charge in [0, 0.05) is 44.1 Å². The van der Waals surface area contributed by atoms with E-state index in [1.165, 1.54) is 11.3 Å². The maximum atomic E-state index is 14.8. The van der Waals surface area contributed by atoms with Crippen LogP contribution in [0.15, 0.2) is 36.7 Å². The molecule has 3 aliphatic heterocycles. The predicted octanol–water partition coefficient (Wildman–Crippen LogP) is 3.80. The summed E-state index contributed by atoms with van der Waals surface area (Å²) in [6.45, 7) is 2.72. The van der Waals surface area contributed by atoms with Crippen molar-refractivity contribution in [1.82, 2.24) is 15.0 Å². The van der Waals surface area contributed by atoms with Gasteiger partial charge in [0.25, 0.3) is 0 Å². The van der Waals surface area contributed by atoms with Gasteiger partial charge in [-0.3, -0.25) is 4.98 Å². The topological polar surface area (TPSA) is 57.7 Å². The van der Waals surface area contributed by atoms with Crippen molar-refractivity contribution in [3.8, 4) is 10.6 Å². The maximum absolute atomic E-state index is 14.8.